The summed E-state index contributed by atoms with van der Waals surface area (Å²) in [6, 6.07) is 10.4. The van der Waals surface area contributed by atoms with Gasteiger partial charge in [-0.15, -0.1) is 0 Å². The van der Waals surface area contributed by atoms with Crippen molar-refractivity contribution in [2.24, 2.45) is 0 Å². The van der Waals surface area contributed by atoms with E-state index in [9.17, 15) is 22.8 Å². The Bertz CT molecular complexity index is 1270. The maximum Gasteiger partial charge on any atom is 0.416 e. The van der Waals surface area contributed by atoms with Gasteiger partial charge >= 0.3 is 6.18 Å². The summed E-state index contributed by atoms with van der Waals surface area (Å²) in [4.78, 5) is 25.4. The molecule has 0 aliphatic carbocycles. The summed E-state index contributed by atoms with van der Waals surface area (Å²) in [6.07, 6.45) is -4.54. The molecular formula is C25H26F3N3O4. The summed E-state index contributed by atoms with van der Waals surface area (Å²) >= 11 is 0. The number of aromatic nitrogens is 2. The predicted molar refractivity (Wildman–Crippen MR) is 124 cm³/mol. The standard InChI is InChI=1S/C25H26F3N3O4/c1-5-34-21-11-10-17(13-22(21)35-6-2)16(4)29-24(33)23-20(32)12-15(3)31(30-23)19-9-7-8-18(14-19)25(26,27)28/h7-14,16H,5-6H2,1-4H3,(H,29,33). The molecule has 7 nitrogen and oxygen atoms in total. The minimum absolute atomic E-state index is 0.0762. The molecule has 1 atom stereocenters. The summed E-state index contributed by atoms with van der Waals surface area (Å²) in [5.74, 6) is 0.337. The molecule has 0 spiro atoms. The number of nitrogens with one attached hydrogen (secondary N) is 1. The van der Waals surface area contributed by atoms with Gasteiger partial charge in [0.05, 0.1) is 30.5 Å². The van der Waals surface area contributed by atoms with E-state index in [1.165, 1.54) is 19.1 Å². The Balaban J connectivity index is 1.90. The molecule has 10 heteroatoms. The van der Waals surface area contributed by atoms with Gasteiger partial charge in [-0.25, -0.2) is 4.68 Å². The van der Waals surface area contributed by atoms with Gasteiger partial charge in [-0.05, 0) is 63.6 Å². The fourth-order valence-corrected chi connectivity index (χ4v) is 3.47. The first-order chi connectivity index (χ1) is 16.5. The van der Waals surface area contributed by atoms with Crippen LogP contribution in [-0.4, -0.2) is 28.9 Å². The maximum absolute atomic E-state index is 13.1. The predicted octanol–water partition coefficient (Wildman–Crippen LogP) is 4.85. The topological polar surface area (TPSA) is 82.5 Å². The zero-order chi connectivity index (χ0) is 25.8. The van der Waals surface area contributed by atoms with Gasteiger partial charge in [0.2, 0.25) is 5.43 Å². The number of hydrogen-bond donors (Lipinski definition) is 1. The molecule has 0 saturated carbocycles. The molecule has 0 aliphatic heterocycles. The summed E-state index contributed by atoms with van der Waals surface area (Å²) in [6.45, 7) is 7.83. The second kappa shape index (κ2) is 10.6. The first-order valence-electron chi connectivity index (χ1n) is 11.0. The quantitative estimate of drug-likeness (QED) is 0.489. The number of alkyl halides is 3. The van der Waals surface area contributed by atoms with E-state index in [2.05, 4.69) is 10.4 Å². The molecule has 35 heavy (non-hydrogen) atoms. The minimum Gasteiger partial charge on any atom is -0.490 e. The Morgan fingerprint density at radius 3 is 2.40 bits per heavy atom. The van der Waals surface area contributed by atoms with E-state index >= 15 is 0 Å². The van der Waals surface area contributed by atoms with Gasteiger partial charge in [-0.1, -0.05) is 12.1 Å². The summed E-state index contributed by atoms with van der Waals surface area (Å²) in [5.41, 5.74) is -0.877. The summed E-state index contributed by atoms with van der Waals surface area (Å²) in [7, 11) is 0. The average molecular weight is 489 g/mol. The highest BCUT2D eigenvalue weighted by Crippen LogP contribution is 2.31. The maximum atomic E-state index is 13.1. The molecule has 186 valence electrons. The van der Waals surface area contributed by atoms with Crippen LogP contribution in [0.3, 0.4) is 0 Å². The third-order valence-electron chi connectivity index (χ3n) is 5.16. The number of carbonyl (C=O) groups excluding carboxylic acids is 1. The Kier molecular flexibility index (Phi) is 7.83. The molecule has 0 fully saturated rings. The number of amides is 1. The van der Waals surface area contributed by atoms with Crippen molar-refractivity contribution in [3.05, 3.63) is 81.3 Å². The number of hydrogen-bond acceptors (Lipinski definition) is 5. The highest BCUT2D eigenvalue weighted by molar-refractivity contribution is 5.92. The van der Waals surface area contributed by atoms with E-state index in [1.807, 2.05) is 13.8 Å². The van der Waals surface area contributed by atoms with Crippen molar-refractivity contribution in [2.45, 2.75) is 39.9 Å². The van der Waals surface area contributed by atoms with Gasteiger partial charge < -0.3 is 14.8 Å². The zero-order valence-electron chi connectivity index (χ0n) is 19.8. The highest BCUT2D eigenvalue weighted by atomic mass is 19.4. The first-order valence-corrected chi connectivity index (χ1v) is 11.0. The minimum atomic E-state index is -4.54. The van der Waals surface area contributed by atoms with Crippen molar-refractivity contribution in [3.63, 3.8) is 0 Å². The lowest BCUT2D eigenvalue weighted by atomic mass is 10.1. The van der Waals surface area contributed by atoms with E-state index in [0.29, 0.717) is 30.3 Å². The van der Waals surface area contributed by atoms with Crippen LogP contribution in [0.4, 0.5) is 13.2 Å². The van der Waals surface area contributed by atoms with Gasteiger partial charge in [0, 0.05) is 11.8 Å². The zero-order valence-corrected chi connectivity index (χ0v) is 19.8. The molecule has 0 bridgehead atoms. The fraction of sp³-hybridized carbons (Fsp3) is 0.320. The van der Waals surface area contributed by atoms with Crippen LogP contribution in [0, 0.1) is 6.92 Å². The van der Waals surface area contributed by atoms with Gasteiger partial charge in [0.1, 0.15) is 0 Å². The average Bonchev–Trinajstić information content (AvgIpc) is 2.80. The summed E-state index contributed by atoms with van der Waals surface area (Å²) < 4.78 is 51.7. The van der Waals surface area contributed by atoms with Crippen LogP contribution in [0.1, 0.15) is 54.1 Å². The first kappa shape index (κ1) is 25.8. The third-order valence-corrected chi connectivity index (χ3v) is 5.16. The van der Waals surface area contributed by atoms with Crippen LogP contribution in [0.2, 0.25) is 0 Å². The number of rotatable bonds is 8. The molecule has 1 aromatic heterocycles. The van der Waals surface area contributed by atoms with Crippen LogP contribution >= 0.6 is 0 Å². The number of aryl methyl sites for hydroxylation is 1. The van der Waals surface area contributed by atoms with Gasteiger partial charge in [0.25, 0.3) is 5.91 Å². The Morgan fingerprint density at radius 1 is 1.06 bits per heavy atom. The SMILES string of the molecule is CCOc1ccc(C(C)NC(=O)c2nn(-c3cccc(C(F)(F)F)c3)c(C)cc2=O)cc1OCC. The number of benzene rings is 2. The number of ether oxygens (including phenoxy) is 2. The number of carbonyl (C=O) groups is 1. The second-order valence-corrected chi connectivity index (χ2v) is 7.73. The molecule has 1 heterocycles. The number of halogens is 3. The molecule has 2 aromatic carbocycles. The summed E-state index contributed by atoms with van der Waals surface area (Å²) in [5, 5.41) is 6.79. The largest absolute Gasteiger partial charge is 0.490 e. The van der Waals surface area contributed by atoms with Crippen LogP contribution in [0.25, 0.3) is 5.69 Å². The van der Waals surface area contributed by atoms with Crippen LogP contribution in [0.5, 0.6) is 11.5 Å². The van der Waals surface area contributed by atoms with E-state index < -0.39 is 34.8 Å². The van der Waals surface area contributed by atoms with Crippen LogP contribution in [0.15, 0.2) is 53.3 Å². The molecule has 0 saturated heterocycles. The van der Waals surface area contributed by atoms with E-state index in [-0.39, 0.29) is 11.4 Å². The van der Waals surface area contributed by atoms with E-state index in [1.54, 1.807) is 25.1 Å². The molecule has 0 aliphatic rings. The lowest BCUT2D eigenvalue weighted by Gasteiger charge is -2.18. The lowest BCUT2D eigenvalue weighted by Crippen LogP contribution is -2.33. The van der Waals surface area contributed by atoms with Crippen molar-refractivity contribution in [3.8, 4) is 17.2 Å². The molecule has 3 rings (SSSR count). The molecule has 1 amide bonds. The van der Waals surface area contributed by atoms with Crippen molar-refractivity contribution in [1.29, 1.82) is 0 Å². The smallest absolute Gasteiger partial charge is 0.416 e. The Hall–Kier alpha value is -3.82. The Morgan fingerprint density at radius 2 is 1.74 bits per heavy atom. The molecule has 0 radical (unpaired) electrons. The molecule has 1 N–H and O–H groups in total. The molecular weight excluding hydrogens is 463 g/mol. The number of nitrogens with zero attached hydrogens (tertiary/aromatic N) is 2. The fourth-order valence-electron chi connectivity index (χ4n) is 3.47. The van der Waals surface area contributed by atoms with E-state index in [4.69, 9.17) is 9.47 Å². The Labute approximate surface area is 200 Å². The van der Waals surface area contributed by atoms with Gasteiger partial charge in [0.15, 0.2) is 17.2 Å². The highest BCUT2D eigenvalue weighted by Gasteiger charge is 2.30. The molecule has 3 aromatic rings. The lowest BCUT2D eigenvalue weighted by molar-refractivity contribution is -0.137. The van der Waals surface area contributed by atoms with Gasteiger partial charge in [-0.2, -0.15) is 18.3 Å². The van der Waals surface area contributed by atoms with Crippen LogP contribution < -0.4 is 20.2 Å². The third kappa shape index (κ3) is 6.00. The normalized spacial score (nSPS) is 12.2. The van der Waals surface area contributed by atoms with Crippen molar-refractivity contribution in [2.75, 3.05) is 13.2 Å². The van der Waals surface area contributed by atoms with Crippen molar-refractivity contribution in [1.82, 2.24) is 15.1 Å². The van der Waals surface area contributed by atoms with Crippen LogP contribution in [-0.2, 0) is 6.18 Å². The monoisotopic (exact) mass is 489 g/mol. The van der Waals surface area contributed by atoms with E-state index in [0.717, 1.165) is 22.9 Å². The van der Waals surface area contributed by atoms with Crippen molar-refractivity contribution < 1.29 is 27.4 Å². The van der Waals surface area contributed by atoms with Gasteiger partial charge in [-0.3, -0.25) is 9.59 Å². The second-order valence-electron chi connectivity index (χ2n) is 7.73. The van der Waals surface area contributed by atoms with Crippen molar-refractivity contribution >= 4 is 5.91 Å². The molecule has 1 unspecified atom stereocenters.